The van der Waals surface area contributed by atoms with Crippen molar-refractivity contribution in [1.82, 2.24) is 20.2 Å². The smallest absolute Gasteiger partial charge is 0.146 e. The quantitative estimate of drug-likeness (QED) is 0.927. The zero-order valence-electron chi connectivity index (χ0n) is 13.2. The molecule has 4 nitrogen and oxygen atoms in total. The van der Waals surface area contributed by atoms with E-state index >= 15 is 0 Å². The maximum absolute atomic E-state index is 4.78. The largest absolute Gasteiger partial charge is 0.306 e. The van der Waals surface area contributed by atoms with Crippen molar-refractivity contribution in [3.05, 3.63) is 23.3 Å². The van der Waals surface area contributed by atoms with Gasteiger partial charge in [0.2, 0.25) is 0 Å². The van der Waals surface area contributed by atoms with Crippen LogP contribution in [0.1, 0.15) is 44.0 Å². The lowest BCUT2D eigenvalue weighted by Crippen LogP contribution is -2.36. The summed E-state index contributed by atoms with van der Waals surface area (Å²) < 4.78 is 0. The maximum Gasteiger partial charge on any atom is 0.146 e. The molecule has 1 fully saturated rings. The Labute approximate surface area is 126 Å². The van der Waals surface area contributed by atoms with Crippen LogP contribution in [0.25, 0.3) is 0 Å². The molecule has 1 aromatic heterocycles. The van der Waals surface area contributed by atoms with Crippen LogP contribution in [0.3, 0.4) is 0 Å². The summed E-state index contributed by atoms with van der Waals surface area (Å²) in [5.74, 6) is 3.27. The van der Waals surface area contributed by atoms with Crippen molar-refractivity contribution in [3.63, 3.8) is 0 Å². The number of nitrogens with zero attached hydrogens (tertiary/aromatic N) is 3. The summed E-state index contributed by atoms with van der Waals surface area (Å²) in [4.78, 5) is 11.8. The highest BCUT2D eigenvalue weighted by molar-refractivity contribution is 7.99. The molecular formula is C15H26N4S. The lowest BCUT2D eigenvalue weighted by Gasteiger charge is -2.31. The first-order valence-electron chi connectivity index (χ1n) is 7.22. The zero-order valence-corrected chi connectivity index (χ0v) is 14.0. The average Bonchev–Trinajstić information content (AvgIpc) is 2.35. The van der Waals surface area contributed by atoms with E-state index in [1.807, 2.05) is 11.8 Å². The van der Waals surface area contributed by atoms with Crippen molar-refractivity contribution < 1.29 is 0 Å². The molecule has 0 radical (unpaired) electrons. The second-order valence-corrected chi connectivity index (χ2v) is 7.68. The summed E-state index contributed by atoms with van der Waals surface area (Å²) >= 11 is 1.99. The van der Waals surface area contributed by atoms with Crippen LogP contribution in [0.5, 0.6) is 0 Å². The average molecular weight is 294 g/mol. The van der Waals surface area contributed by atoms with Crippen molar-refractivity contribution in [2.75, 3.05) is 25.1 Å². The fourth-order valence-electron chi connectivity index (χ4n) is 2.21. The van der Waals surface area contributed by atoms with E-state index in [0.29, 0.717) is 6.04 Å². The van der Waals surface area contributed by atoms with E-state index in [-0.39, 0.29) is 5.54 Å². The molecule has 0 amide bonds. The van der Waals surface area contributed by atoms with Gasteiger partial charge in [0, 0.05) is 35.8 Å². The molecule has 0 spiro atoms. The van der Waals surface area contributed by atoms with Crippen molar-refractivity contribution in [3.8, 4) is 0 Å². The Morgan fingerprint density at radius 1 is 1.40 bits per heavy atom. The topological polar surface area (TPSA) is 41.1 Å². The van der Waals surface area contributed by atoms with Gasteiger partial charge in [0.25, 0.3) is 0 Å². The minimum atomic E-state index is 0.108. The SMILES string of the molecule is Cc1cc(CNC(C)(C)C)nc(C2CSCCN2C)n1. The number of aryl methyl sites for hydroxylation is 1. The van der Waals surface area contributed by atoms with Gasteiger partial charge in [0.05, 0.1) is 11.7 Å². The molecule has 20 heavy (non-hydrogen) atoms. The van der Waals surface area contributed by atoms with Gasteiger partial charge in [-0.05, 0) is 40.8 Å². The van der Waals surface area contributed by atoms with E-state index in [4.69, 9.17) is 4.98 Å². The van der Waals surface area contributed by atoms with E-state index < -0.39 is 0 Å². The number of rotatable bonds is 3. The standard InChI is InChI=1S/C15H26N4S/c1-11-8-12(9-16-15(2,3)4)18-14(17-11)13-10-20-7-6-19(13)5/h8,13,16H,6-7,9-10H2,1-5H3. The number of hydrogen-bond acceptors (Lipinski definition) is 5. The highest BCUT2D eigenvalue weighted by Gasteiger charge is 2.24. The molecule has 1 atom stereocenters. The molecule has 1 aliphatic heterocycles. The maximum atomic E-state index is 4.78. The Morgan fingerprint density at radius 3 is 2.80 bits per heavy atom. The first-order chi connectivity index (χ1) is 9.35. The van der Waals surface area contributed by atoms with Gasteiger partial charge in [-0.25, -0.2) is 9.97 Å². The molecular weight excluding hydrogens is 268 g/mol. The molecule has 0 saturated carbocycles. The van der Waals surface area contributed by atoms with Crippen LogP contribution < -0.4 is 5.32 Å². The fraction of sp³-hybridized carbons (Fsp3) is 0.733. The normalized spacial score (nSPS) is 21.1. The van der Waals surface area contributed by atoms with E-state index in [9.17, 15) is 0 Å². The van der Waals surface area contributed by atoms with Crippen LogP contribution in [0.2, 0.25) is 0 Å². The molecule has 112 valence electrons. The lowest BCUT2D eigenvalue weighted by molar-refractivity contribution is 0.263. The number of hydrogen-bond donors (Lipinski definition) is 1. The Morgan fingerprint density at radius 2 is 2.15 bits per heavy atom. The van der Waals surface area contributed by atoms with Crippen molar-refractivity contribution in [2.24, 2.45) is 0 Å². The summed E-state index contributed by atoms with van der Waals surface area (Å²) in [7, 11) is 2.17. The second kappa shape index (κ2) is 6.41. The van der Waals surface area contributed by atoms with Crippen molar-refractivity contribution >= 4 is 11.8 Å². The highest BCUT2D eigenvalue weighted by Crippen LogP contribution is 2.26. The molecule has 1 aliphatic rings. The van der Waals surface area contributed by atoms with Gasteiger partial charge in [0.1, 0.15) is 5.82 Å². The predicted molar refractivity (Wildman–Crippen MR) is 86.1 cm³/mol. The van der Waals surface area contributed by atoms with E-state index in [1.54, 1.807) is 0 Å². The van der Waals surface area contributed by atoms with Crippen molar-refractivity contribution in [1.29, 1.82) is 0 Å². The predicted octanol–water partition coefficient (Wildman–Crippen LogP) is 2.39. The summed E-state index contributed by atoms with van der Waals surface area (Å²) in [5, 5.41) is 3.50. The number of aromatic nitrogens is 2. The Hall–Kier alpha value is -0.650. The lowest BCUT2D eigenvalue weighted by atomic mass is 10.1. The summed E-state index contributed by atoms with van der Waals surface area (Å²) in [5.41, 5.74) is 2.26. The molecule has 0 aromatic carbocycles. The monoisotopic (exact) mass is 294 g/mol. The van der Waals surface area contributed by atoms with Crippen LogP contribution >= 0.6 is 11.8 Å². The Balaban J connectivity index is 2.15. The van der Waals surface area contributed by atoms with E-state index in [1.165, 1.54) is 5.75 Å². The van der Waals surface area contributed by atoms with E-state index in [0.717, 1.165) is 36.1 Å². The minimum Gasteiger partial charge on any atom is -0.306 e. The van der Waals surface area contributed by atoms with Crippen LogP contribution in [-0.2, 0) is 6.54 Å². The van der Waals surface area contributed by atoms with Crippen molar-refractivity contribution in [2.45, 2.75) is 45.8 Å². The fourth-order valence-corrected chi connectivity index (χ4v) is 3.42. The molecule has 0 bridgehead atoms. The summed E-state index contributed by atoms with van der Waals surface area (Å²) in [6.07, 6.45) is 0. The van der Waals surface area contributed by atoms with Gasteiger partial charge in [-0.1, -0.05) is 0 Å². The van der Waals surface area contributed by atoms with Crippen LogP contribution in [-0.4, -0.2) is 45.5 Å². The molecule has 1 N–H and O–H groups in total. The third kappa shape index (κ3) is 4.43. The third-order valence-electron chi connectivity index (χ3n) is 3.42. The number of thioether (sulfide) groups is 1. The Kier molecular flexibility index (Phi) is 5.04. The molecule has 2 rings (SSSR count). The summed E-state index contributed by atoms with van der Waals surface area (Å²) in [6.45, 7) is 10.5. The third-order valence-corrected chi connectivity index (χ3v) is 4.44. The first-order valence-corrected chi connectivity index (χ1v) is 8.38. The van der Waals surface area contributed by atoms with Gasteiger partial charge in [-0.3, -0.25) is 4.90 Å². The van der Waals surface area contributed by atoms with Gasteiger partial charge < -0.3 is 5.32 Å². The minimum absolute atomic E-state index is 0.108. The highest BCUT2D eigenvalue weighted by atomic mass is 32.2. The molecule has 1 saturated heterocycles. The van der Waals surface area contributed by atoms with Gasteiger partial charge in [-0.15, -0.1) is 0 Å². The first kappa shape index (κ1) is 15.7. The summed E-state index contributed by atoms with van der Waals surface area (Å²) in [6, 6.07) is 2.43. The molecule has 1 aromatic rings. The van der Waals surface area contributed by atoms with Gasteiger partial charge >= 0.3 is 0 Å². The molecule has 5 heteroatoms. The zero-order chi connectivity index (χ0) is 14.8. The molecule has 2 heterocycles. The van der Waals surface area contributed by atoms with E-state index in [2.05, 4.69) is 56.0 Å². The van der Waals surface area contributed by atoms with Crippen LogP contribution in [0, 0.1) is 6.92 Å². The van der Waals surface area contributed by atoms with Crippen LogP contribution in [0.4, 0.5) is 0 Å². The van der Waals surface area contributed by atoms with Gasteiger partial charge in [-0.2, -0.15) is 11.8 Å². The molecule has 0 aliphatic carbocycles. The van der Waals surface area contributed by atoms with Gasteiger partial charge in [0.15, 0.2) is 0 Å². The Bertz CT molecular complexity index is 456. The number of nitrogens with one attached hydrogen (secondary N) is 1. The van der Waals surface area contributed by atoms with Crippen LogP contribution in [0.15, 0.2) is 6.07 Å². The second-order valence-electron chi connectivity index (χ2n) is 6.53. The molecule has 1 unspecified atom stereocenters.